The number of nitrogens with zero attached hydrogens (tertiary/aromatic N) is 6. The number of anilines is 2. The van der Waals surface area contributed by atoms with E-state index in [1.165, 1.54) is 4.90 Å². The normalized spacial score (nSPS) is 10.7. The van der Waals surface area contributed by atoms with Crippen LogP contribution in [-0.2, 0) is 0 Å². The Labute approximate surface area is 178 Å². The first-order valence-corrected chi connectivity index (χ1v) is 9.39. The van der Waals surface area contributed by atoms with Crippen molar-refractivity contribution >= 4 is 23.3 Å². The molecule has 0 aliphatic heterocycles. The van der Waals surface area contributed by atoms with Crippen LogP contribution >= 0.6 is 0 Å². The Hall–Kier alpha value is -4.21. The highest BCUT2D eigenvalue weighted by atomic mass is 16.5. The van der Waals surface area contributed by atoms with E-state index in [9.17, 15) is 4.79 Å². The molecule has 0 radical (unpaired) electrons. The Balaban J connectivity index is 1.61. The van der Waals surface area contributed by atoms with E-state index in [2.05, 4.69) is 25.4 Å². The molecule has 31 heavy (non-hydrogen) atoms. The number of aromatic nitrogens is 5. The average Bonchev–Trinajstić information content (AvgIpc) is 3.19. The van der Waals surface area contributed by atoms with Gasteiger partial charge in [0.15, 0.2) is 11.4 Å². The largest absolute Gasteiger partial charge is 0.491 e. The molecule has 158 valence electrons. The van der Waals surface area contributed by atoms with Crippen molar-refractivity contribution in [1.29, 1.82) is 0 Å². The number of rotatable bonds is 6. The van der Waals surface area contributed by atoms with E-state index in [0.717, 1.165) is 11.1 Å². The Morgan fingerprint density at radius 3 is 2.65 bits per heavy atom. The zero-order valence-corrected chi connectivity index (χ0v) is 17.5. The number of pyridine rings is 3. The van der Waals surface area contributed by atoms with Gasteiger partial charge in [-0.15, -0.1) is 5.10 Å². The van der Waals surface area contributed by atoms with Crippen molar-refractivity contribution in [3.63, 3.8) is 0 Å². The van der Waals surface area contributed by atoms with Crippen LogP contribution < -0.4 is 14.8 Å². The monoisotopic (exact) mass is 419 g/mol. The number of amides is 1. The molecule has 0 atom stereocenters. The number of methoxy groups -OCH3 is 2. The Kier molecular flexibility index (Phi) is 5.35. The van der Waals surface area contributed by atoms with Gasteiger partial charge in [-0.25, -0.2) is 14.5 Å². The summed E-state index contributed by atoms with van der Waals surface area (Å²) in [6, 6.07) is 10.8. The first-order valence-electron chi connectivity index (χ1n) is 9.39. The minimum Gasteiger partial charge on any atom is -0.491 e. The molecule has 0 aliphatic carbocycles. The minimum absolute atomic E-state index is 0.181. The van der Waals surface area contributed by atoms with Gasteiger partial charge in [-0.05, 0) is 30.3 Å². The highest BCUT2D eigenvalue weighted by molar-refractivity contribution is 5.92. The first kappa shape index (κ1) is 20.1. The maximum atomic E-state index is 12.1. The lowest BCUT2D eigenvalue weighted by molar-refractivity contribution is 0.0822. The van der Waals surface area contributed by atoms with Crippen molar-refractivity contribution in [2.45, 2.75) is 0 Å². The Morgan fingerprint density at radius 2 is 1.90 bits per heavy atom. The molecular weight excluding hydrogens is 398 g/mol. The summed E-state index contributed by atoms with van der Waals surface area (Å²) in [6.45, 7) is 0. The predicted octanol–water partition coefficient (Wildman–Crippen LogP) is 2.65. The molecule has 1 N–H and O–H groups in total. The summed E-state index contributed by atoms with van der Waals surface area (Å²) in [5, 5.41) is 7.51. The van der Waals surface area contributed by atoms with Gasteiger partial charge >= 0.3 is 0 Å². The number of ether oxygens (including phenoxy) is 2. The first-order chi connectivity index (χ1) is 15.0. The third kappa shape index (κ3) is 4.08. The molecule has 1 amide bonds. The predicted molar refractivity (Wildman–Crippen MR) is 115 cm³/mol. The Bertz CT molecular complexity index is 1250. The van der Waals surface area contributed by atoms with Crippen LogP contribution in [0.15, 0.2) is 48.8 Å². The minimum atomic E-state index is -0.181. The summed E-state index contributed by atoms with van der Waals surface area (Å²) in [5.41, 5.74) is 2.72. The lowest BCUT2D eigenvalue weighted by Gasteiger charge is -2.10. The van der Waals surface area contributed by atoms with Crippen LogP contribution in [-0.4, -0.2) is 63.7 Å². The lowest BCUT2D eigenvalue weighted by atomic mass is 10.1. The van der Waals surface area contributed by atoms with Crippen LogP contribution in [0.2, 0.25) is 0 Å². The second kappa shape index (κ2) is 8.27. The maximum Gasteiger partial charge on any atom is 0.272 e. The lowest BCUT2D eigenvalue weighted by Crippen LogP contribution is -2.22. The average molecular weight is 419 g/mol. The van der Waals surface area contributed by atoms with Gasteiger partial charge < -0.3 is 19.7 Å². The van der Waals surface area contributed by atoms with E-state index in [4.69, 9.17) is 9.47 Å². The van der Waals surface area contributed by atoms with E-state index < -0.39 is 0 Å². The molecule has 0 fully saturated rings. The highest BCUT2D eigenvalue weighted by Gasteiger charge is 2.12. The molecule has 10 heteroatoms. The molecule has 0 saturated heterocycles. The topological polar surface area (TPSA) is 107 Å². The van der Waals surface area contributed by atoms with Crippen LogP contribution in [0.1, 0.15) is 10.5 Å². The second-order valence-electron chi connectivity index (χ2n) is 6.82. The van der Waals surface area contributed by atoms with Gasteiger partial charge in [0.1, 0.15) is 11.5 Å². The van der Waals surface area contributed by atoms with E-state index >= 15 is 0 Å². The zero-order valence-electron chi connectivity index (χ0n) is 17.5. The van der Waals surface area contributed by atoms with Gasteiger partial charge in [-0.1, -0.05) is 6.07 Å². The third-order valence-electron chi connectivity index (χ3n) is 4.51. The fraction of sp³-hybridized carbons (Fsp3) is 0.190. The standard InChI is InChI=1S/C21H21N7O3/c1-27(2)20(29)15-6-5-7-17(23-15)24-21-25-18-9-8-13(12-28(18)26-21)14-10-16(30-3)19(31-4)22-11-14/h5-12H,1-4H3,(H,23,24,26). The molecule has 0 aliphatic rings. The van der Waals surface area contributed by atoms with Crippen molar-refractivity contribution in [3.05, 3.63) is 54.5 Å². The summed E-state index contributed by atoms with van der Waals surface area (Å²) in [7, 11) is 6.47. The van der Waals surface area contributed by atoms with E-state index in [1.54, 1.807) is 57.2 Å². The third-order valence-corrected chi connectivity index (χ3v) is 4.51. The number of carbonyl (C=O) groups is 1. The molecule has 0 unspecified atom stereocenters. The maximum absolute atomic E-state index is 12.1. The van der Waals surface area contributed by atoms with Crippen molar-refractivity contribution in [2.75, 3.05) is 33.6 Å². The molecule has 4 aromatic heterocycles. The molecule has 4 heterocycles. The molecule has 0 aromatic carbocycles. The fourth-order valence-electron chi connectivity index (χ4n) is 2.96. The number of nitrogens with one attached hydrogen (secondary N) is 1. The fourth-order valence-corrected chi connectivity index (χ4v) is 2.96. The van der Waals surface area contributed by atoms with Gasteiger partial charge in [-0.3, -0.25) is 4.79 Å². The SMILES string of the molecule is COc1cc(-c2ccc3nc(Nc4cccc(C(=O)N(C)C)n4)nn3c2)cnc1OC. The highest BCUT2D eigenvalue weighted by Crippen LogP contribution is 2.30. The van der Waals surface area contributed by atoms with Crippen molar-refractivity contribution in [3.8, 4) is 22.8 Å². The number of fused-ring (bicyclic) bond motifs is 1. The summed E-state index contributed by atoms with van der Waals surface area (Å²) in [5.74, 6) is 1.62. The molecule has 4 rings (SSSR count). The van der Waals surface area contributed by atoms with Crippen molar-refractivity contribution in [2.24, 2.45) is 0 Å². The molecule has 10 nitrogen and oxygen atoms in total. The molecule has 0 bridgehead atoms. The van der Waals surface area contributed by atoms with Gasteiger partial charge in [0.25, 0.3) is 11.8 Å². The van der Waals surface area contributed by atoms with E-state index in [-0.39, 0.29) is 5.91 Å². The van der Waals surface area contributed by atoms with Crippen LogP contribution in [0.4, 0.5) is 11.8 Å². The van der Waals surface area contributed by atoms with Crippen LogP contribution in [0.3, 0.4) is 0 Å². The van der Waals surface area contributed by atoms with Gasteiger partial charge in [0.05, 0.1) is 14.2 Å². The van der Waals surface area contributed by atoms with Gasteiger partial charge in [0.2, 0.25) is 5.95 Å². The van der Waals surface area contributed by atoms with Crippen LogP contribution in [0, 0.1) is 0 Å². The smallest absolute Gasteiger partial charge is 0.272 e. The van der Waals surface area contributed by atoms with Gasteiger partial charge in [-0.2, -0.15) is 4.98 Å². The number of hydrogen-bond donors (Lipinski definition) is 1. The Morgan fingerprint density at radius 1 is 1.06 bits per heavy atom. The molecule has 0 saturated carbocycles. The molecular formula is C21H21N7O3. The summed E-state index contributed by atoms with van der Waals surface area (Å²) < 4.78 is 12.2. The molecule has 0 spiro atoms. The summed E-state index contributed by atoms with van der Waals surface area (Å²) >= 11 is 0. The van der Waals surface area contributed by atoms with Crippen LogP contribution in [0.5, 0.6) is 11.6 Å². The molecule has 4 aromatic rings. The number of carbonyl (C=O) groups excluding carboxylic acids is 1. The van der Waals surface area contributed by atoms with Crippen molar-refractivity contribution in [1.82, 2.24) is 29.5 Å². The quantitative estimate of drug-likeness (QED) is 0.508. The van der Waals surface area contributed by atoms with Gasteiger partial charge in [0, 0.05) is 37.6 Å². The van der Waals surface area contributed by atoms with Crippen LogP contribution in [0.25, 0.3) is 16.8 Å². The number of hydrogen-bond acceptors (Lipinski definition) is 8. The zero-order chi connectivity index (χ0) is 22.0. The summed E-state index contributed by atoms with van der Waals surface area (Å²) in [4.78, 5) is 26.7. The summed E-state index contributed by atoms with van der Waals surface area (Å²) in [6.07, 6.45) is 3.55. The second-order valence-corrected chi connectivity index (χ2v) is 6.82. The van der Waals surface area contributed by atoms with E-state index in [0.29, 0.717) is 34.7 Å². The van der Waals surface area contributed by atoms with E-state index in [1.807, 2.05) is 24.4 Å². The van der Waals surface area contributed by atoms with Crippen molar-refractivity contribution < 1.29 is 14.3 Å².